The van der Waals surface area contributed by atoms with Crippen molar-refractivity contribution >= 4 is 5.91 Å². The summed E-state index contributed by atoms with van der Waals surface area (Å²) in [5.74, 6) is 2.85. The first kappa shape index (κ1) is 13.4. The van der Waals surface area contributed by atoms with Crippen molar-refractivity contribution in [2.45, 2.75) is 19.5 Å². The molecule has 1 aliphatic rings. The van der Waals surface area contributed by atoms with Crippen molar-refractivity contribution in [3.05, 3.63) is 53.9 Å². The van der Waals surface area contributed by atoms with Crippen LogP contribution in [0.3, 0.4) is 0 Å². The molecule has 106 valence electrons. The Hall–Kier alpha value is -2.54. The number of nitrogens with zero attached hydrogens (tertiary/aromatic N) is 3. The van der Waals surface area contributed by atoms with E-state index in [0.29, 0.717) is 19.5 Å². The summed E-state index contributed by atoms with van der Waals surface area (Å²) in [6.45, 7) is 1.98. The third-order valence-corrected chi connectivity index (χ3v) is 3.70. The highest BCUT2D eigenvalue weighted by molar-refractivity contribution is 5.79. The smallest absolute Gasteiger partial charge is 0.224 e. The molecule has 4 heteroatoms. The minimum Gasteiger partial charge on any atom is -0.337 e. The number of terminal acetylenes is 1. The summed E-state index contributed by atoms with van der Waals surface area (Å²) in [5.41, 5.74) is 2.24. The van der Waals surface area contributed by atoms with Crippen LogP contribution < -0.4 is 0 Å². The molecule has 0 N–H and O–H groups in total. The van der Waals surface area contributed by atoms with Crippen LogP contribution >= 0.6 is 0 Å². The predicted octanol–water partition coefficient (Wildman–Crippen LogP) is 1.91. The second-order valence-electron chi connectivity index (χ2n) is 5.37. The minimum absolute atomic E-state index is 0.0527. The van der Waals surface area contributed by atoms with E-state index in [0.717, 1.165) is 12.1 Å². The van der Waals surface area contributed by atoms with E-state index >= 15 is 0 Å². The first-order chi connectivity index (χ1) is 10.2. The predicted molar refractivity (Wildman–Crippen MR) is 80.1 cm³/mol. The third-order valence-electron chi connectivity index (χ3n) is 3.70. The van der Waals surface area contributed by atoms with Crippen LogP contribution in [0.2, 0.25) is 0 Å². The third kappa shape index (κ3) is 3.14. The maximum Gasteiger partial charge on any atom is 0.224 e. The SMILES string of the molecule is C#CC1CC(=O)N(Cc2cnn(Cc3ccccc3)c2)C1. The van der Waals surface area contributed by atoms with Crippen molar-refractivity contribution in [2.75, 3.05) is 6.54 Å². The van der Waals surface area contributed by atoms with E-state index in [1.807, 2.05) is 40.2 Å². The van der Waals surface area contributed by atoms with Crippen LogP contribution in [-0.2, 0) is 17.9 Å². The van der Waals surface area contributed by atoms with Crippen LogP contribution in [0.4, 0.5) is 0 Å². The van der Waals surface area contributed by atoms with Crippen LogP contribution in [0.1, 0.15) is 17.5 Å². The average molecular weight is 279 g/mol. The molecule has 1 unspecified atom stereocenters. The van der Waals surface area contributed by atoms with E-state index in [4.69, 9.17) is 6.42 Å². The summed E-state index contributed by atoms with van der Waals surface area (Å²) in [5, 5.41) is 4.36. The van der Waals surface area contributed by atoms with Gasteiger partial charge in [-0.3, -0.25) is 9.48 Å². The summed E-state index contributed by atoms with van der Waals surface area (Å²) in [6.07, 6.45) is 9.67. The number of hydrogen-bond acceptors (Lipinski definition) is 2. The maximum atomic E-state index is 11.8. The molecule has 1 aromatic carbocycles. The van der Waals surface area contributed by atoms with E-state index in [9.17, 15) is 4.79 Å². The number of hydrogen-bond donors (Lipinski definition) is 0. The van der Waals surface area contributed by atoms with Gasteiger partial charge < -0.3 is 4.90 Å². The quantitative estimate of drug-likeness (QED) is 0.802. The Bertz CT molecular complexity index is 669. The molecule has 3 rings (SSSR count). The van der Waals surface area contributed by atoms with Crippen molar-refractivity contribution in [1.29, 1.82) is 0 Å². The zero-order chi connectivity index (χ0) is 14.7. The molecule has 1 aromatic heterocycles. The lowest BCUT2D eigenvalue weighted by molar-refractivity contribution is -0.128. The molecule has 1 amide bonds. The van der Waals surface area contributed by atoms with Crippen molar-refractivity contribution in [1.82, 2.24) is 14.7 Å². The van der Waals surface area contributed by atoms with Crippen LogP contribution in [0.15, 0.2) is 42.7 Å². The van der Waals surface area contributed by atoms with E-state index < -0.39 is 0 Å². The van der Waals surface area contributed by atoms with Gasteiger partial charge in [-0.1, -0.05) is 30.3 Å². The summed E-state index contributed by atoms with van der Waals surface area (Å²) in [7, 11) is 0. The van der Waals surface area contributed by atoms with Crippen LogP contribution in [-0.4, -0.2) is 27.1 Å². The normalized spacial score (nSPS) is 18.0. The monoisotopic (exact) mass is 279 g/mol. The molecule has 0 spiro atoms. The minimum atomic E-state index is 0.0527. The van der Waals surface area contributed by atoms with Gasteiger partial charge in [0.15, 0.2) is 0 Å². The van der Waals surface area contributed by atoms with Gasteiger partial charge in [-0.05, 0) is 5.56 Å². The van der Waals surface area contributed by atoms with Crippen LogP contribution in [0, 0.1) is 18.3 Å². The summed E-state index contributed by atoms with van der Waals surface area (Å²) in [6, 6.07) is 10.2. The number of likely N-dealkylation sites (tertiary alicyclic amines) is 1. The van der Waals surface area contributed by atoms with E-state index in [1.54, 1.807) is 0 Å². The highest BCUT2D eigenvalue weighted by Gasteiger charge is 2.28. The zero-order valence-electron chi connectivity index (χ0n) is 11.8. The lowest BCUT2D eigenvalue weighted by Crippen LogP contribution is -2.24. The van der Waals surface area contributed by atoms with Gasteiger partial charge in [0, 0.05) is 37.2 Å². The number of benzene rings is 1. The zero-order valence-corrected chi connectivity index (χ0v) is 11.8. The van der Waals surface area contributed by atoms with Gasteiger partial charge in [0.2, 0.25) is 5.91 Å². The molecular formula is C17H17N3O. The lowest BCUT2D eigenvalue weighted by atomic mass is 10.1. The van der Waals surface area contributed by atoms with Crippen LogP contribution in [0.25, 0.3) is 0 Å². The van der Waals surface area contributed by atoms with Gasteiger partial charge in [0.25, 0.3) is 0 Å². The summed E-state index contributed by atoms with van der Waals surface area (Å²) in [4.78, 5) is 13.7. The van der Waals surface area contributed by atoms with Crippen molar-refractivity contribution in [3.63, 3.8) is 0 Å². The van der Waals surface area contributed by atoms with Gasteiger partial charge >= 0.3 is 0 Å². The van der Waals surface area contributed by atoms with Crippen molar-refractivity contribution in [3.8, 4) is 12.3 Å². The second-order valence-corrected chi connectivity index (χ2v) is 5.37. The molecule has 2 aromatic rings. The van der Waals surface area contributed by atoms with Gasteiger partial charge in [0.05, 0.1) is 12.7 Å². The molecule has 0 radical (unpaired) electrons. The lowest BCUT2D eigenvalue weighted by Gasteiger charge is -2.14. The van der Waals surface area contributed by atoms with Gasteiger partial charge in [-0.15, -0.1) is 12.3 Å². The molecule has 4 nitrogen and oxygen atoms in total. The van der Waals surface area contributed by atoms with Gasteiger partial charge in [-0.25, -0.2) is 0 Å². The molecule has 1 atom stereocenters. The summed E-state index contributed by atoms with van der Waals surface area (Å²) < 4.78 is 1.89. The average Bonchev–Trinajstić information content (AvgIpc) is 3.08. The number of carbonyl (C=O) groups is 1. The largest absolute Gasteiger partial charge is 0.337 e. The molecule has 0 aliphatic carbocycles. The standard InChI is InChI=1S/C17H17N3O/c1-2-14-8-17(21)19(10-14)11-16-9-18-20(13-16)12-15-6-4-3-5-7-15/h1,3-7,9,13-14H,8,10-12H2. The fourth-order valence-electron chi connectivity index (χ4n) is 2.60. The highest BCUT2D eigenvalue weighted by Crippen LogP contribution is 2.19. The molecule has 0 saturated carbocycles. The Morgan fingerprint density at radius 1 is 1.24 bits per heavy atom. The molecule has 1 fully saturated rings. The molecule has 1 aliphatic heterocycles. The molecular weight excluding hydrogens is 262 g/mol. The Kier molecular flexibility index (Phi) is 3.74. The van der Waals surface area contributed by atoms with E-state index in [1.165, 1.54) is 5.56 Å². The number of rotatable bonds is 4. The topological polar surface area (TPSA) is 38.1 Å². The molecule has 1 saturated heterocycles. The summed E-state index contributed by atoms with van der Waals surface area (Å²) >= 11 is 0. The number of amides is 1. The number of aromatic nitrogens is 2. The van der Waals surface area contributed by atoms with Gasteiger partial charge in [0.1, 0.15) is 0 Å². The van der Waals surface area contributed by atoms with Gasteiger partial charge in [-0.2, -0.15) is 5.10 Å². The fourth-order valence-corrected chi connectivity index (χ4v) is 2.60. The number of carbonyl (C=O) groups excluding carboxylic acids is 1. The Morgan fingerprint density at radius 2 is 2.05 bits per heavy atom. The first-order valence-corrected chi connectivity index (χ1v) is 7.04. The van der Waals surface area contributed by atoms with Crippen molar-refractivity contribution in [2.24, 2.45) is 5.92 Å². The van der Waals surface area contributed by atoms with E-state index in [2.05, 4.69) is 23.2 Å². The molecule has 21 heavy (non-hydrogen) atoms. The molecule has 2 heterocycles. The first-order valence-electron chi connectivity index (χ1n) is 7.04. The Labute approximate surface area is 124 Å². The van der Waals surface area contributed by atoms with Crippen molar-refractivity contribution < 1.29 is 4.79 Å². The highest BCUT2D eigenvalue weighted by atomic mass is 16.2. The molecule has 0 bridgehead atoms. The van der Waals surface area contributed by atoms with E-state index in [-0.39, 0.29) is 11.8 Å². The van der Waals surface area contributed by atoms with Crippen LogP contribution in [0.5, 0.6) is 0 Å². The maximum absolute atomic E-state index is 11.8. The Balaban J connectivity index is 1.63. The fraction of sp³-hybridized carbons (Fsp3) is 0.294. The Morgan fingerprint density at radius 3 is 2.76 bits per heavy atom. The second kappa shape index (κ2) is 5.84.